The lowest BCUT2D eigenvalue weighted by atomic mass is 10.1. The lowest BCUT2D eigenvalue weighted by Crippen LogP contribution is -2.20. The molecule has 0 saturated carbocycles. The summed E-state index contributed by atoms with van der Waals surface area (Å²) in [6, 6.07) is 10.2. The number of nitrogens with two attached hydrogens (primary N) is 1. The molecule has 1 atom stereocenters. The molecule has 0 aliphatic heterocycles. The molecule has 2 N–H and O–H groups in total. The molecule has 0 fully saturated rings. The first-order chi connectivity index (χ1) is 9.79. The topological polar surface area (TPSA) is 61.7 Å². The normalized spacial score (nSPS) is 12.5. The van der Waals surface area contributed by atoms with Gasteiger partial charge in [0, 0.05) is 43.3 Å². The van der Waals surface area contributed by atoms with Crippen molar-refractivity contribution in [3.63, 3.8) is 0 Å². The summed E-state index contributed by atoms with van der Waals surface area (Å²) in [6.45, 7) is 0.502. The standard InChI is InChI=1S/C15H17N5/c1-19-11-13(10-18-19)14(9-16)20-8-7-17-15(20)12-5-3-2-4-6-12/h2-8,10-11,14H,9,16H2,1H3. The third-order valence-corrected chi connectivity index (χ3v) is 3.37. The van der Waals surface area contributed by atoms with Crippen LogP contribution in [0.4, 0.5) is 0 Å². The molecule has 5 nitrogen and oxygen atoms in total. The summed E-state index contributed by atoms with van der Waals surface area (Å²) in [5, 5.41) is 4.23. The zero-order chi connectivity index (χ0) is 13.9. The largest absolute Gasteiger partial charge is 0.328 e. The monoisotopic (exact) mass is 267 g/mol. The van der Waals surface area contributed by atoms with E-state index in [1.807, 2.05) is 43.8 Å². The van der Waals surface area contributed by atoms with E-state index in [9.17, 15) is 0 Å². The van der Waals surface area contributed by atoms with Gasteiger partial charge in [-0.3, -0.25) is 4.68 Å². The number of aryl methyl sites for hydroxylation is 1. The second kappa shape index (κ2) is 5.30. The van der Waals surface area contributed by atoms with E-state index in [4.69, 9.17) is 5.73 Å². The summed E-state index contributed by atoms with van der Waals surface area (Å²) in [4.78, 5) is 4.47. The summed E-state index contributed by atoms with van der Waals surface area (Å²) in [5.74, 6) is 0.921. The van der Waals surface area contributed by atoms with E-state index in [0.29, 0.717) is 6.54 Å². The van der Waals surface area contributed by atoms with Gasteiger partial charge in [-0.15, -0.1) is 0 Å². The van der Waals surface area contributed by atoms with Crippen LogP contribution in [-0.2, 0) is 7.05 Å². The van der Waals surface area contributed by atoms with Crippen LogP contribution < -0.4 is 5.73 Å². The van der Waals surface area contributed by atoms with Crippen LogP contribution in [-0.4, -0.2) is 25.9 Å². The van der Waals surface area contributed by atoms with Gasteiger partial charge in [-0.1, -0.05) is 30.3 Å². The van der Waals surface area contributed by atoms with E-state index in [1.54, 1.807) is 10.9 Å². The van der Waals surface area contributed by atoms with Gasteiger partial charge in [0.2, 0.25) is 0 Å². The molecule has 2 heterocycles. The molecule has 3 aromatic rings. The molecular weight excluding hydrogens is 250 g/mol. The van der Waals surface area contributed by atoms with E-state index in [1.165, 1.54) is 0 Å². The fourth-order valence-electron chi connectivity index (χ4n) is 2.40. The van der Waals surface area contributed by atoms with Gasteiger partial charge < -0.3 is 10.3 Å². The zero-order valence-corrected chi connectivity index (χ0v) is 11.3. The van der Waals surface area contributed by atoms with Gasteiger partial charge in [0.05, 0.1) is 12.2 Å². The van der Waals surface area contributed by atoms with Crippen molar-refractivity contribution >= 4 is 0 Å². The number of nitrogens with zero attached hydrogens (tertiary/aromatic N) is 4. The predicted octanol–water partition coefficient (Wildman–Crippen LogP) is 1.83. The average Bonchev–Trinajstić information content (AvgIpc) is 3.11. The van der Waals surface area contributed by atoms with Crippen molar-refractivity contribution in [3.8, 4) is 11.4 Å². The number of rotatable bonds is 4. The van der Waals surface area contributed by atoms with Gasteiger partial charge in [0.25, 0.3) is 0 Å². The minimum atomic E-state index is 0.0430. The average molecular weight is 267 g/mol. The van der Waals surface area contributed by atoms with Gasteiger partial charge in [-0.05, 0) is 0 Å². The van der Waals surface area contributed by atoms with E-state index >= 15 is 0 Å². The van der Waals surface area contributed by atoms with Crippen LogP contribution in [0.25, 0.3) is 11.4 Å². The number of aromatic nitrogens is 4. The second-order valence-electron chi connectivity index (χ2n) is 4.72. The van der Waals surface area contributed by atoms with Crippen LogP contribution in [0.3, 0.4) is 0 Å². The fourth-order valence-corrected chi connectivity index (χ4v) is 2.40. The van der Waals surface area contributed by atoms with Crippen LogP contribution in [0.2, 0.25) is 0 Å². The van der Waals surface area contributed by atoms with Crippen LogP contribution in [0.1, 0.15) is 11.6 Å². The Balaban J connectivity index is 2.04. The number of benzene rings is 1. The molecule has 102 valence electrons. The Labute approximate surface area is 117 Å². The van der Waals surface area contributed by atoms with Crippen LogP contribution in [0.5, 0.6) is 0 Å². The van der Waals surface area contributed by atoms with Crippen LogP contribution in [0, 0.1) is 0 Å². The maximum absolute atomic E-state index is 5.97. The van der Waals surface area contributed by atoms with Crippen molar-refractivity contribution < 1.29 is 0 Å². The van der Waals surface area contributed by atoms with Gasteiger partial charge >= 0.3 is 0 Å². The molecule has 0 spiro atoms. The third kappa shape index (κ3) is 2.23. The van der Waals surface area contributed by atoms with E-state index in [0.717, 1.165) is 17.0 Å². The van der Waals surface area contributed by atoms with Crippen molar-refractivity contribution in [2.45, 2.75) is 6.04 Å². The number of hydrogen-bond acceptors (Lipinski definition) is 3. The van der Waals surface area contributed by atoms with Crippen molar-refractivity contribution in [2.24, 2.45) is 12.8 Å². The molecular formula is C15H17N5. The summed E-state index contributed by atoms with van der Waals surface area (Å²) in [7, 11) is 1.91. The van der Waals surface area contributed by atoms with Crippen molar-refractivity contribution in [1.82, 2.24) is 19.3 Å². The van der Waals surface area contributed by atoms with E-state index in [2.05, 4.69) is 26.8 Å². The van der Waals surface area contributed by atoms with Crippen molar-refractivity contribution in [1.29, 1.82) is 0 Å². The fraction of sp³-hybridized carbons (Fsp3) is 0.200. The van der Waals surface area contributed by atoms with E-state index < -0.39 is 0 Å². The highest BCUT2D eigenvalue weighted by Gasteiger charge is 2.17. The van der Waals surface area contributed by atoms with Crippen molar-refractivity contribution in [2.75, 3.05) is 6.54 Å². The van der Waals surface area contributed by atoms with Crippen LogP contribution in [0.15, 0.2) is 55.1 Å². The molecule has 0 aliphatic carbocycles. The van der Waals surface area contributed by atoms with Gasteiger partial charge in [-0.25, -0.2) is 4.98 Å². The molecule has 1 unspecified atom stereocenters. The molecule has 0 amide bonds. The molecule has 5 heteroatoms. The Hall–Kier alpha value is -2.40. The third-order valence-electron chi connectivity index (χ3n) is 3.37. The Bertz CT molecular complexity index is 683. The molecule has 0 radical (unpaired) electrons. The van der Waals surface area contributed by atoms with Crippen LogP contribution >= 0.6 is 0 Å². The van der Waals surface area contributed by atoms with Gasteiger partial charge in [0.15, 0.2) is 0 Å². The summed E-state index contributed by atoms with van der Waals surface area (Å²) < 4.78 is 3.89. The summed E-state index contributed by atoms with van der Waals surface area (Å²) in [6.07, 6.45) is 7.62. The molecule has 0 aliphatic rings. The number of imidazole rings is 1. The summed E-state index contributed by atoms with van der Waals surface area (Å²) in [5.41, 5.74) is 8.14. The van der Waals surface area contributed by atoms with Crippen molar-refractivity contribution in [3.05, 3.63) is 60.7 Å². The Morgan fingerprint density at radius 2 is 2.05 bits per heavy atom. The van der Waals surface area contributed by atoms with E-state index in [-0.39, 0.29) is 6.04 Å². The van der Waals surface area contributed by atoms with Gasteiger partial charge in [0.1, 0.15) is 5.82 Å². The quantitative estimate of drug-likeness (QED) is 0.784. The summed E-state index contributed by atoms with van der Waals surface area (Å²) >= 11 is 0. The molecule has 20 heavy (non-hydrogen) atoms. The highest BCUT2D eigenvalue weighted by atomic mass is 15.2. The Morgan fingerprint density at radius 3 is 2.70 bits per heavy atom. The lowest BCUT2D eigenvalue weighted by molar-refractivity contribution is 0.599. The highest BCUT2D eigenvalue weighted by molar-refractivity contribution is 5.55. The molecule has 0 saturated heterocycles. The first kappa shape index (κ1) is 12.6. The van der Waals surface area contributed by atoms with Gasteiger partial charge in [-0.2, -0.15) is 5.10 Å². The smallest absolute Gasteiger partial charge is 0.140 e. The molecule has 3 rings (SSSR count). The molecule has 0 bridgehead atoms. The Kier molecular flexibility index (Phi) is 3.35. The SMILES string of the molecule is Cn1cc(C(CN)n2ccnc2-c2ccccc2)cn1. The molecule has 2 aromatic heterocycles. The Morgan fingerprint density at radius 1 is 1.25 bits per heavy atom. The first-order valence-electron chi connectivity index (χ1n) is 6.56. The maximum Gasteiger partial charge on any atom is 0.140 e. The molecule has 1 aromatic carbocycles. The predicted molar refractivity (Wildman–Crippen MR) is 78.1 cm³/mol. The zero-order valence-electron chi connectivity index (χ0n) is 11.3. The maximum atomic E-state index is 5.97. The number of hydrogen-bond donors (Lipinski definition) is 1. The minimum Gasteiger partial charge on any atom is -0.328 e. The minimum absolute atomic E-state index is 0.0430. The second-order valence-corrected chi connectivity index (χ2v) is 4.72. The first-order valence-corrected chi connectivity index (χ1v) is 6.56. The lowest BCUT2D eigenvalue weighted by Gasteiger charge is -2.18. The highest BCUT2D eigenvalue weighted by Crippen LogP contribution is 2.24.